The second kappa shape index (κ2) is 9.85. The standard InChI is InChI=1S/C25H26F3N7O2/c1-32(2)12-16-10-31-33(3)24(16)21-9-23(20(28)11-29-21)37-19-13-34(14-19)25(36)35-22(4-5-30-35)15-6-17(26)8-18(27)7-15/h5-11,19,22H,4,12-14H2,1-3H3/t22-/m0/s1. The van der Waals surface area contributed by atoms with Gasteiger partial charge < -0.3 is 14.5 Å². The van der Waals surface area contributed by atoms with Crippen molar-refractivity contribution >= 4 is 12.2 Å². The number of likely N-dealkylation sites (tertiary alicyclic amines) is 1. The van der Waals surface area contributed by atoms with Gasteiger partial charge in [-0.05, 0) is 31.8 Å². The SMILES string of the molecule is CN(C)Cc1cnn(C)c1-c1cc(OC2CN(C(=O)N3N=CC[C@H]3c3cc(F)cc(F)c3)C2)c(F)cn1. The van der Waals surface area contributed by atoms with Gasteiger partial charge in [-0.15, -0.1) is 0 Å². The van der Waals surface area contributed by atoms with Crippen LogP contribution < -0.4 is 4.74 Å². The summed E-state index contributed by atoms with van der Waals surface area (Å²) in [4.78, 5) is 20.7. The van der Waals surface area contributed by atoms with Gasteiger partial charge in [0.2, 0.25) is 0 Å². The number of halogens is 3. The number of benzene rings is 1. The van der Waals surface area contributed by atoms with Crippen molar-refractivity contribution in [3.05, 3.63) is 65.2 Å². The first-order valence-electron chi connectivity index (χ1n) is 11.7. The molecular weight excluding hydrogens is 487 g/mol. The molecule has 194 valence electrons. The molecule has 12 heteroatoms. The third-order valence-corrected chi connectivity index (χ3v) is 6.27. The molecule has 0 unspecified atom stereocenters. The Morgan fingerprint density at radius 2 is 1.84 bits per heavy atom. The van der Waals surface area contributed by atoms with E-state index in [1.807, 2.05) is 19.0 Å². The Kier molecular flexibility index (Phi) is 6.59. The van der Waals surface area contributed by atoms with Crippen molar-refractivity contribution in [2.45, 2.75) is 25.1 Å². The first-order valence-corrected chi connectivity index (χ1v) is 11.7. The second-order valence-electron chi connectivity index (χ2n) is 9.40. The highest BCUT2D eigenvalue weighted by atomic mass is 19.1. The van der Waals surface area contributed by atoms with E-state index in [-0.39, 0.29) is 18.8 Å². The summed E-state index contributed by atoms with van der Waals surface area (Å²) in [6, 6.07) is 3.69. The van der Waals surface area contributed by atoms with Crippen LogP contribution in [-0.2, 0) is 13.6 Å². The summed E-state index contributed by atoms with van der Waals surface area (Å²) >= 11 is 0. The zero-order chi connectivity index (χ0) is 26.3. The average Bonchev–Trinajstić information content (AvgIpc) is 3.43. The maximum absolute atomic E-state index is 14.6. The number of carbonyl (C=O) groups excluding carboxylic acids is 1. The highest BCUT2D eigenvalue weighted by Gasteiger charge is 2.39. The minimum atomic E-state index is -0.717. The normalized spacial score (nSPS) is 17.5. The Morgan fingerprint density at radius 1 is 1.11 bits per heavy atom. The van der Waals surface area contributed by atoms with Crippen molar-refractivity contribution in [3.8, 4) is 17.1 Å². The van der Waals surface area contributed by atoms with Gasteiger partial charge in [0.05, 0.1) is 42.9 Å². The fourth-order valence-electron chi connectivity index (χ4n) is 4.55. The van der Waals surface area contributed by atoms with Crippen LogP contribution in [0.25, 0.3) is 11.4 Å². The number of hydrazone groups is 1. The molecule has 0 bridgehead atoms. The number of ether oxygens (including phenoxy) is 1. The summed E-state index contributed by atoms with van der Waals surface area (Å²) in [5.74, 6) is -2.01. The van der Waals surface area contributed by atoms with Gasteiger partial charge >= 0.3 is 6.03 Å². The minimum Gasteiger partial charge on any atom is -0.483 e. The molecule has 4 heterocycles. The van der Waals surface area contributed by atoms with Crippen LogP contribution in [0.5, 0.6) is 5.75 Å². The van der Waals surface area contributed by atoms with Crippen LogP contribution in [0.1, 0.15) is 23.6 Å². The molecule has 0 aliphatic carbocycles. The fourth-order valence-corrected chi connectivity index (χ4v) is 4.55. The molecule has 2 aliphatic rings. The van der Waals surface area contributed by atoms with Crippen LogP contribution >= 0.6 is 0 Å². The van der Waals surface area contributed by atoms with Crippen LogP contribution in [0.3, 0.4) is 0 Å². The molecule has 0 radical (unpaired) electrons. The van der Waals surface area contributed by atoms with Gasteiger partial charge in [-0.3, -0.25) is 9.67 Å². The van der Waals surface area contributed by atoms with Crippen molar-refractivity contribution in [1.29, 1.82) is 0 Å². The Labute approximate surface area is 211 Å². The predicted octanol–water partition coefficient (Wildman–Crippen LogP) is 3.58. The molecule has 0 spiro atoms. The molecule has 1 aromatic carbocycles. The summed E-state index contributed by atoms with van der Waals surface area (Å²) in [6.45, 7) is 1.06. The smallest absolute Gasteiger partial charge is 0.341 e. The number of pyridine rings is 1. The highest BCUT2D eigenvalue weighted by molar-refractivity contribution is 5.79. The lowest BCUT2D eigenvalue weighted by Crippen LogP contribution is -2.58. The molecule has 37 heavy (non-hydrogen) atoms. The Balaban J connectivity index is 1.25. The number of urea groups is 1. The maximum atomic E-state index is 14.6. The predicted molar refractivity (Wildman–Crippen MR) is 129 cm³/mol. The lowest BCUT2D eigenvalue weighted by Gasteiger charge is -2.41. The molecule has 9 nitrogen and oxygen atoms in total. The molecule has 0 N–H and O–H groups in total. The topological polar surface area (TPSA) is 79.1 Å². The quantitative estimate of drug-likeness (QED) is 0.504. The first kappa shape index (κ1) is 24.8. The van der Waals surface area contributed by atoms with Crippen molar-refractivity contribution < 1.29 is 22.7 Å². The van der Waals surface area contributed by atoms with Gasteiger partial charge in [0.25, 0.3) is 0 Å². The van der Waals surface area contributed by atoms with E-state index >= 15 is 0 Å². The van der Waals surface area contributed by atoms with E-state index in [0.29, 0.717) is 24.2 Å². The fraction of sp³-hybridized carbons (Fsp3) is 0.360. The summed E-state index contributed by atoms with van der Waals surface area (Å²) in [5.41, 5.74) is 2.55. The maximum Gasteiger partial charge on any atom is 0.341 e. The molecule has 2 aromatic heterocycles. The monoisotopic (exact) mass is 513 g/mol. The number of hydrogen-bond donors (Lipinski definition) is 0. The highest BCUT2D eigenvalue weighted by Crippen LogP contribution is 2.32. The number of nitrogens with zero attached hydrogens (tertiary/aromatic N) is 7. The first-order chi connectivity index (χ1) is 17.7. The number of amides is 2. The van der Waals surface area contributed by atoms with E-state index in [4.69, 9.17) is 4.74 Å². The molecule has 1 atom stereocenters. The van der Waals surface area contributed by atoms with E-state index in [0.717, 1.165) is 23.5 Å². The van der Waals surface area contributed by atoms with Crippen LogP contribution in [0.4, 0.5) is 18.0 Å². The van der Waals surface area contributed by atoms with Crippen LogP contribution in [0, 0.1) is 17.5 Å². The number of aryl methyl sites for hydroxylation is 1. The van der Waals surface area contributed by atoms with E-state index in [2.05, 4.69) is 15.2 Å². The summed E-state index contributed by atoms with van der Waals surface area (Å²) in [7, 11) is 5.68. The lowest BCUT2D eigenvalue weighted by molar-refractivity contribution is 0.0256. The van der Waals surface area contributed by atoms with Gasteiger partial charge in [-0.2, -0.15) is 10.2 Å². The molecule has 2 aliphatic heterocycles. The third-order valence-electron chi connectivity index (χ3n) is 6.27. The van der Waals surface area contributed by atoms with E-state index < -0.39 is 35.6 Å². The molecule has 1 saturated heterocycles. The van der Waals surface area contributed by atoms with Crippen LogP contribution in [0.15, 0.2) is 41.8 Å². The van der Waals surface area contributed by atoms with Crippen LogP contribution in [0.2, 0.25) is 0 Å². The van der Waals surface area contributed by atoms with E-state index in [9.17, 15) is 18.0 Å². The second-order valence-corrected chi connectivity index (χ2v) is 9.40. The average molecular weight is 514 g/mol. The number of carbonyl (C=O) groups is 1. The van der Waals surface area contributed by atoms with Gasteiger partial charge in [-0.1, -0.05) is 0 Å². The minimum absolute atomic E-state index is 0.0337. The number of aromatic nitrogens is 3. The van der Waals surface area contributed by atoms with E-state index in [1.54, 1.807) is 17.9 Å². The molecule has 2 amide bonds. The number of rotatable bonds is 6. The largest absolute Gasteiger partial charge is 0.483 e. The zero-order valence-electron chi connectivity index (χ0n) is 20.6. The number of hydrogen-bond acceptors (Lipinski definition) is 6. The summed E-state index contributed by atoms with van der Waals surface area (Å²) in [5, 5.41) is 9.62. The molecular formula is C25H26F3N7O2. The van der Waals surface area contributed by atoms with Gasteiger partial charge in [0.15, 0.2) is 11.6 Å². The van der Waals surface area contributed by atoms with Crippen molar-refractivity contribution in [2.75, 3.05) is 27.2 Å². The molecule has 0 saturated carbocycles. The van der Waals surface area contributed by atoms with Crippen molar-refractivity contribution in [2.24, 2.45) is 12.1 Å². The Morgan fingerprint density at radius 3 is 2.54 bits per heavy atom. The van der Waals surface area contributed by atoms with Gasteiger partial charge in [-0.25, -0.2) is 23.0 Å². The molecule has 5 rings (SSSR count). The molecule has 1 fully saturated rings. The Bertz CT molecular complexity index is 1330. The summed E-state index contributed by atoms with van der Waals surface area (Å²) in [6.07, 6.45) is 4.31. The zero-order valence-corrected chi connectivity index (χ0v) is 20.6. The third kappa shape index (κ3) is 5.01. The molecule has 3 aromatic rings. The lowest BCUT2D eigenvalue weighted by atomic mass is 10.0. The van der Waals surface area contributed by atoms with Gasteiger partial charge in [0, 0.05) is 43.9 Å². The Hall–Kier alpha value is -3.93. The summed E-state index contributed by atoms with van der Waals surface area (Å²) < 4.78 is 49.5. The van der Waals surface area contributed by atoms with E-state index in [1.165, 1.54) is 34.3 Å². The van der Waals surface area contributed by atoms with Crippen LogP contribution in [-0.4, -0.2) is 75.1 Å². The van der Waals surface area contributed by atoms with Gasteiger partial charge in [0.1, 0.15) is 17.7 Å². The van der Waals surface area contributed by atoms with Crippen molar-refractivity contribution in [3.63, 3.8) is 0 Å². The van der Waals surface area contributed by atoms with Crippen molar-refractivity contribution in [1.82, 2.24) is 29.6 Å².